The van der Waals surface area contributed by atoms with E-state index in [-0.39, 0.29) is 23.3 Å². The summed E-state index contributed by atoms with van der Waals surface area (Å²) in [5.41, 5.74) is 1.70. The molecule has 0 aromatic heterocycles. The maximum atomic E-state index is 13.3. The molecule has 4 unspecified atom stereocenters. The van der Waals surface area contributed by atoms with Crippen LogP contribution < -0.4 is 10.1 Å². The van der Waals surface area contributed by atoms with Crippen molar-refractivity contribution in [2.45, 2.75) is 49.7 Å². The largest absolute Gasteiger partial charge is 0.497 e. The van der Waals surface area contributed by atoms with E-state index in [1.807, 2.05) is 42.5 Å². The Morgan fingerprint density at radius 1 is 1.08 bits per heavy atom. The summed E-state index contributed by atoms with van der Waals surface area (Å²) in [6, 6.07) is 22.2. The van der Waals surface area contributed by atoms with E-state index in [1.54, 1.807) is 7.11 Å². The predicted molar refractivity (Wildman–Crippen MR) is 142 cm³/mol. The van der Waals surface area contributed by atoms with Gasteiger partial charge in [0.1, 0.15) is 5.75 Å². The number of carbonyl (C=O) groups excluding carboxylic acids is 1. The van der Waals surface area contributed by atoms with Gasteiger partial charge in [0, 0.05) is 36.0 Å². The van der Waals surface area contributed by atoms with Crippen molar-refractivity contribution in [1.29, 1.82) is 0 Å². The third kappa shape index (κ3) is 4.51. The first-order valence-electron chi connectivity index (χ1n) is 13.4. The second-order valence-corrected chi connectivity index (χ2v) is 11.2. The van der Waals surface area contributed by atoms with Gasteiger partial charge in [0.25, 0.3) is 5.91 Å². The summed E-state index contributed by atoms with van der Waals surface area (Å²) in [6.45, 7) is 3.10. The minimum absolute atomic E-state index is 0.0663. The van der Waals surface area contributed by atoms with Crippen LogP contribution in [0.1, 0.15) is 48.0 Å². The van der Waals surface area contributed by atoms with Crippen molar-refractivity contribution in [2.24, 2.45) is 11.8 Å². The highest BCUT2D eigenvalue weighted by atomic mass is 16.5. The van der Waals surface area contributed by atoms with E-state index < -0.39 is 6.10 Å². The number of piperidine rings is 1. The van der Waals surface area contributed by atoms with E-state index in [1.165, 1.54) is 18.4 Å². The molecule has 0 bridgehead atoms. The highest BCUT2D eigenvalue weighted by Gasteiger charge is 2.52. The summed E-state index contributed by atoms with van der Waals surface area (Å²) in [5.74, 6) is 1.76. The van der Waals surface area contributed by atoms with Crippen LogP contribution in [0.15, 0.2) is 66.7 Å². The topological polar surface area (TPSA) is 61.8 Å². The number of nitrogens with zero attached hydrogens (tertiary/aromatic N) is 1. The van der Waals surface area contributed by atoms with Gasteiger partial charge in [0.05, 0.1) is 13.2 Å². The van der Waals surface area contributed by atoms with E-state index in [4.69, 9.17) is 4.74 Å². The molecule has 4 atom stereocenters. The third-order valence-corrected chi connectivity index (χ3v) is 8.84. The number of ether oxygens (including phenoxy) is 1. The second kappa shape index (κ2) is 9.53. The number of benzene rings is 3. The molecular weight excluding hydrogens is 448 g/mol. The van der Waals surface area contributed by atoms with Crippen LogP contribution in [-0.4, -0.2) is 54.8 Å². The lowest BCUT2D eigenvalue weighted by molar-refractivity contribution is -0.0482. The molecule has 0 radical (unpaired) electrons. The average Bonchev–Trinajstić information content (AvgIpc) is 3.73. The van der Waals surface area contributed by atoms with E-state index in [0.29, 0.717) is 12.0 Å². The van der Waals surface area contributed by atoms with Crippen molar-refractivity contribution in [3.63, 3.8) is 0 Å². The number of rotatable bonds is 6. The van der Waals surface area contributed by atoms with E-state index in [0.717, 1.165) is 54.9 Å². The fourth-order valence-electron chi connectivity index (χ4n) is 6.76. The molecule has 1 saturated heterocycles. The summed E-state index contributed by atoms with van der Waals surface area (Å²) in [7, 11) is 1.70. The Morgan fingerprint density at radius 2 is 1.92 bits per heavy atom. The Labute approximate surface area is 213 Å². The first kappa shape index (κ1) is 23.5. The smallest absolute Gasteiger partial charge is 0.251 e. The molecule has 5 heteroatoms. The molecule has 3 aromatic rings. The molecule has 0 spiro atoms. The van der Waals surface area contributed by atoms with Crippen molar-refractivity contribution >= 4 is 16.7 Å². The van der Waals surface area contributed by atoms with Crippen molar-refractivity contribution in [1.82, 2.24) is 10.2 Å². The zero-order valence-corrected chi connectivity index (χ0v) is 21.0. The molecular formula is C31H36N2O3. The zero-order valence-electron chi connectivity index (χ0n) is 21.0. The molecule has 3 aromatic carbocycles. The molecule has 3 fully saturated rings. The molecule has 1 amide bonds. The normalized spacial score (nSPS) is 28.4. The van der Waals surface area contributed by atoms with Crippen molar-refractivity contribution in [3.8, 4) is 5.75 Å². The number of aliphatic hydroxyl groups excluding tert-OH is 1. The maximum Gasteiger partial charge on any atom is 0.251 e. The van der Waals surface area contributed by atoms with E-state index >= 15 is 0 Å². The van der Waals surface area contributed by atoms with Crippen molar-refractivity contribution < 1.29 is 14.6 Å². The first-order valence-corrected chi connectivity index (χ1v) is 13.4. The van der Waals surface area contributed by atoms with Crippen LogP contribution in [0.5, 0.6) is 5.75 Å². The Bertz CT molecular complexity index is 1260. The Hall–Kier alpha value is -2.89. The van der Waals surface area contributed by atoms with Crippen LogP contribution in [0.25, 0.3) is 10.8 Å². The van der Waals surface area contributed by atoms with Gasteiger partial charge in [0.2, 0.25) is 0 Å². The van der Waals surface area contributed by atoms with Gasteiger partial charge in [-0.3, -0.25) is 4.79 Å². The molecule has 188 valence electrons. The minimum atomic E-state index is -0.464. The predicted octanol–water partition coefficient (Wildman–Crippen LogP) is 4.77. The lowest BCUT2D eigenvalue weighted by Crippen LogP contribution is -2.61. The highest BCUT2D eigenvalue weighted by Crippen LogP contribution is 2.50. The fraction of sp³-hybridized carbons (Fsp3) is 0.452. The van der Waals surface area contributed by atoms with Gasteiger partial charge in [-0.25, -0.2) is 0 Å². The minimum Gasteiger partial charge on any atom is -0.497 e. The number of likely N-dealkylation sites (tertiary alicyclic amines) is 1. The van der Waals surface area contributed by atoms with Gasteiger partial charge >= 0.3 is 0 Å². The van der Waals surface area contributed by atoms with Gasteiger partial charge in [-0.2, -0.15) is 0 Å². The summed E-state index contributed by atoms with van der Waals surface area (Å²) in [6.07, 6.45) is 4.62. The number of aliphatic hydroxyl groups is 1. The summed E-state index contributed by atoms with van der Waals surface area (Å²) >= 11 is 0. The number of fused-ring (bicyclic) bond motifs is 2. The molecule has 5 nitrogen and oxygen atoms in total. The van der Waals surface area contributed by atoms with Crippen molar-refractivity contribution in [2.75, 3.05) is 26.7 Å². The number of amides is 1. The van der Waals surface area contributed by atoms with Gasteiger partial charge in [0.15, 0.2) is 0 Å². The monoisotopic (exact) mass is 484 g/mol. The Morgan fingerprint density at radius 3 is 2.72 bits per heavy atom. The Balaban J connectivity index is 1.27. The van der Waals surface area contributed by atoms with Crippen LogP contribution in [-0.2, 0) is 5.41 Å². The molecule has 2 saturated carbocycles. The standard InChI is InChI=1S/C31H36N2O3/c1-36-27-8-4-7-25(16-27)31-13-14-33(19-21-9-10-21)20-28(31)29(34)17-26(18-31)32-30(35)24-12-11-22-5-2-3-6-23(22)15-24/h2-8,11-12,15-16,21,26,28-29,34H,9-10,13-14,17-20H2,1H3,(H,32,35). The van der Waals surface area contributed by atoms with E-state index in [2.05, 4.69) is 34.5 Å². The van der Waals surface area contributed by atoms with Crippen LogP contribution in [0.2, 0.25) is 0 Å². The summed E-state index contributed by atoms with van der Waals surface area (Å²) < 4.78 is 5.57. The first-order chi connectivity index (χ1) is 17.5. The second-order valence-electron chi connectivity index (χ2n) is 11.2. The number of methoxy groups -OCH3 is 1. The van der Waals surface area contributed by atoms with Crippen LogP contribution >= 0.6 is 0 Å². The van der Waals surface area contributed by atoms with E-state index in [9.17, 15) is 9.90 Å². The molecule has 1 aliphatic heterocycles. The highest BCUT2D eigenvalue weighted by molar-refractivity contribution is 5.98. The average molecular weight is 485 g/mol. The summed E-state index contributed by atoms with van der Waals surface area (Å²) in [5, 5.41) is 17.0. The lowest BCUT2D eigenvalue weighted by atomic mass is 9.57. The van der Waals surface area contributed by atoms with Crippen LogP contribution in [0.3, 0.4) is 0 Å². The van der Waals surface area contributed by atoms with Crippen LogP contribution in [0.4, 0.5) is 0 Å². The van der Waals surface area contributed by atoms with Gasteiger partial charge < -0.3 is 20.1 Å². The van der Waals surface area contributed by atoms with Crippen LogP contribution in [0, 0.1) is 11.8 Å². The maximum absolute atomic E-state index is 13.3. The molecule has 3 aliphatic rings. The van der Waals surface area contributed by atoms with Crippen molar-refractivity contribution in [3.05, 3.63) is 77.9 Å². The number of hydrogen-bond donors (Lipinski definition) is 2. The fourth-order valence-corrected chi connectivity index (χ4v) is 6.76. The number of hydrogen-bond acceptors (Lipinski definition) is 4. The molecule has 36 heavy (non-hydrogen) atoms. The third-order valence-electron chi connectivity index (χ3n) is 8.84. The molecule has 2 N–H and O–H groups in total. The number of carbonyl (C=O) groups is 1. The lowest BCUT2D eigenvalue weighted by Gasteiger charge is -2.55. The molecule has 6 rings (SSSR count). The molecule has 1 heterocycles. The summed E-state index contributed by atoms with van der Waals surface area (Å²) in [4.78, 5) is 15.9. The van der Waals surface area contributed by atoms with Gasteiger partial charge in [-0.15, -0.1) is 0 Å². The Kier molecular flexibility index (Phi) is 6.22. The molecule has 2 aliphatic carbocycles. The SMILES string of the molecule is COc1cccc(C23CCN(CC4CC4)CC2C(O)CC(NC(=O)c2ccc4ccccc4c2)C3)c1. The zero-order chi connectivity index (χ0) is 24.7. The van der Waals surface area contributed by atoms with Gasteiger partial charge in [-0.1, -0.05) is 42.5 Å². The van der Waals surface area contributed by atoms with Gasteiger partial charge in [-0.05, 0) is 85.2 Å². The quantitative estimate of drug-likeness (QED) is 0.529. The number of nitrogens with one attached hydrogen (secondary N) is 1.